The summed E-state index contributed by atoms with van der Waals surface area (Å²) >= 11 is 2.91. The molecule has 66 valence electrons. The summed E-state index contributed by atoms with van der Waals surface area (Å²) in [4.78, 5) is 3.07. The summed E-state index contributed by atoms with van der Waals surface area (Å²) in [6, 6.07) is 1.09. The van der Waals surface area contributed by atoms with Crippen LogP contribution in [0.4, 0.5) is 13.2 Å². The number of aryl methyl sites for hydroxylation is 1. The molecule has 1 rings (SSSR count). The first-order valence-electron chi connectivity index (χ1n) is 3.13. The third-order valence-corrected chi connectivity index (χ3v) is 2.37. The summed E-state index contributed by atoms with van der Waals surface area (Å²) < 4.78 is 36.9. The lowest BCUT2D eigenvalue weighted by Crippen LogP contribution is -1.97. The van der Waals surface area contributed by atoms with E-state index >= 15 is 0 Å². The molecule has 1 heterocycles. The van der Waals surface area contributed by atoms with Gasteiger partial charge in [0, 0.05) is 4.47 Å². The van der Waals surface area contributed by atoms with Gasteiger partial charge in [-0.3, -0.25) is 0 Å². The van der Waals surface area contributed by atoms with Gasteiger partial charge in [-0.1, -0.05) is 0 Å². The molecule has 12 heavy (non-hydrogen) atoms. The number of halogens is 4. The molecule has 1 nitrogen and oxygen atoms in total. The SMILES string of the molecule is Cc1cc(F)nc(C(F)F)c1Br. The van der Waals surface area contributed by atoms with E-state index in [2.05, 4.69) is 20.9 Å². The van der Waals surface area contributed by atoms with Crippen LogP contribution in [-0.2, 0) is 0 Å². The average molecular weight is 240 g/mol. The number of alkyl halides is 2. The van der Waals surface area contributed by atoms with Crippen LogP contribution in [0.5, 0.6) is 0 Å². The van der Waals surface area contributed by atoms with Crippen molar-refractivity contribution in [3.63, 3.8) is 0 Å². The summed E-state index contributed by atoms with van der Waals surface area (Å²) in [6.07, 6.45) is -2.76. The van der Waals surface area contributed by atoms with Crippen molar-refractivity contribution < 1.29 is 13.2 Å². The second-order valence-corrected chi connectivity index (χ2v) is 3.05. The maximum absolute atomic E-state index is 12.5. The van der Waals surface area contributed by atoms with Gasteiger partial charge < -0.3 is 0 Å². The van der Waals surface area contributed by atoms with Crippen LogP contribution in [0, 0.1) is 12.9 Å². The normalized spacial score (nSPS) is 10.8. The average Bonchev–Trinajstić information content (AvgIpc) is 1.96. The van der Waals surface area contributed by atoms with Crippen molar-refractivity contribution >= 4 is 15.9 Å². The molecule has 0 aromatic carbocycles. The Labute approximate surface area is 75.7 Å². The highest BCUT2D eigenvalue weighted by atomic mass is 79.9. The first kappa shape index (κ1) is 9.51. The fourth-order valence-corrected chi connectivity index (χ4v) is 1.16. The number of rotatable bonds is 1. The van der Waals surface area contributed by atoms with E-state index in [0.717, 1.165) is 6.07 Å². The zero-order chi connectivity index (χ0) is 9.30. The molecular weight excluding hydrogens is 235 g/mol. The van der Waals surface area contributed by atoms with Gasteiger partial charge in [0.15, 0.2) is 0 Å². The quantitative estimate of drug-likeness (QED) is 0.686. The summed E-state index contributed by atoms with van der Waals surface area (Å²) in [5.74, 6) is -0.883. The Morgan fingerprint density at radius 2 is 2.08 bits per heavy atom. The van der Waals surface area contributed by atoms with E-state index in [1.165, 1.54) is 6.92 Å². The van der Waals surface area contributed by atoms with Crippen molar-refractivity contribution in [3.05, 3.63) is 27.7 Å². The highest BCUT2D eigenvalue weighted by Crippen LogP contribution is 2.28. The summed E-state index contributed by atoms with van der Waals surface area (Å²) in [5.41, 5.74) is -0.134. The Morgan fingerprint density at radius 1 is 1.50 bits per heavy atom. The molecule has 0 spiro atoms. The van der Waals surface area contributed by atoms with Gasteiger partial charge in [-0.05, 0) is 34.5 Å². The smallest absolute Gasteiger partial charge is 0.218 e. The van der Waals surface area contributed by atoms with Crippen LogP contribution in [0.15, 0.2) is 10.5 Å². The zero-order valence-electron chi connectivity index (χ0n) is 6.11. The van der Waals surface area contributed by atoms with Crippen LogP contribution in [0.3, 0.4) is 0 Å². The molecule has 0 saturated carbocycles. The van der Waals surface area contributed by atoms with Gasteiger partial charge in [-0.2, -0.15) is 4.39 Å². The molecule has 0 aliphatic carbocycles. The number of hydrogen-bond donors (Lipinski definition) is 0. The molecule has 5 heteroatoms. The summed E-state index contributed by atoms with van der Waals surface area (Å²) in [6.45, 7) is 1.53. The Morgan fingerprint density at radius 3 is 2.58 bits per heavy atom. The molecular formula is C7H5BrF3N. The third-order valence-electron chi connectivity index (χ3n) is 1.34. The molecule has 0 amide bonds. The second-order valence-electron chi connectivity index (χ2n) is 2.26. The topological polar surface area (TPSA) is 12.9 Å². The van der Waals surface area contributed by atoms with Crippen LogP contribution < -0.4 is 0 Å². The van der Waals surface area contributed by atoms with Crippen molar-refractivity contribution in [3.8, 4) is 0 Å². The Balaban J connectivity index is 3.28. The molecule has 0 unspecified atom stereocenters. The minimum absolute atomic E-state index is 0.166. The van der Waals surface area contributed by atoms with Crippen LogP contribution in [-0.4, -0.2) is 4.98 Å². The standard InChI is InChI=1S/C7H5BrF3N/c1-3-2-4(9)12-6(5(3)8)7(10)11/h2,7H,1H3. The van der Waals surface area contributed by atoms with Gasteiger partial charge in [-0.25, -0.2) is 13.8 Å². The summed E-state index contributed by atoms with van der Waals surface area (Å²) in [7, 11) is 0. The number of hydrogen-bond acceptors (Lipinski definition) is 1. The van der Waals surface area contributed by atoms with Gasteiger partial charge in [0.2, 0.25) is 5.95 Å². The highest BCUT2D eigenvalue weighted by molar-refractivity contribution is 9.10. The minimum Gasteiger partial charge on any atom is -0.218 e. The molecule has 1 aromatic rings. The van der Waals surface area contributed by atoms with Crippen LogP contribution in [0.25, 0.3) is 0 Å². The Kier molecular flexibility index (Phi) is 2.72. The van der Waals surface area contributed by atoms with Crippen molar-refractivity contribution in [1.29, 1.82) is 0 Å². The fourth-order valence-electron chi connectivity index (χ4n) is 0.785. The van der Waals surface area contributed by atoms with Gasteiger partial charge in [0.25, 0.3) is 6.43 Å². The van der Waals surface area contributed by atoms with E-state index in [9.17, 15) is 13.2 Å². The van der Waals surface area contributed by atoms with E-state index in [1.807, 2.05) is 0 Å². The largest absolute Gasteiger partial charge is 0.281 e. The van der Waals surface area contributed by atoms with E-state index in [4.69, 9.17) is 0 Å². The molecule has 0 aliphatic heterocycles. The number of pyridine rings is 1. The fraction of sp³-hybridized carbons (Fsp3) is 0.286. The van der Waals surface area contributed by atoms with Crippen molar-refractivity contribution in [1.82, 2.24) is 4.98 Å². The molecule has 1 aromatic heterocycles. The first-order chi connectivity index (χ1) is 5.52. The predicted molar refractivity (Wildman–Crippen MR) is 41.6 cm³/mol. The van der Waals surface area contributed by atoms with Gasteiger partial charge in [-0.15, -0.1) is 0 Å². The summed E-state index contributed by atoms with van der Waals surface area (Å²) in [5, 5.41) is 0. The Hall–Kier alpha value is -0.580. The van der Waals surface area contributed by atoms with Crippen molar-refractivity contribution in [2.75, 3.05) is 0 Å². The van der Waals surface area contributed by atoms with E-state index in [0.29, 0.717) is 5.56 Å². The van der Waals surface area contributed by atoms with Crippen molar-refractivity contribution in [2.24, 2.45) is 0 Å². The maximum atomic E-state index is 12.5. The number of nitrogens with zero attached hydrogens (tertiary/aromatic N) is 1. The lowest BCUT2D eigenvalue weighted by Gasteiger charge is -2.04. The van der Waals surface area contributed by atoms with E-state index < -0.39 is 18.1 Å². The van der Waals surface area contributed by atoms with Crippen LogP contribution in [0.1, 0.15) is 17.7 Å². The molecule has 0 saturated heterocycles. The van der Waals surface area contributed by atoms with E-state index in [-0.39, 0.29) is 4.47 Å². The molecule has 0 bridgehead atoms. The van der Waals surface area contributed by atoms with Crippen LogP contribution in [0.2, 0.25) is 0 Å². The number of aromatic nitrogens is 1. The molecule has 0 fully saturated rings. The van der Waals surface area contributed by atoms with Crippen LogP contribution >= 0.6 is 15.9 Å². The van der Waals surface area contributed by atoms with Gasteiger partial charge >= 0.3 is 0 Å². The van der Waals surface area contributed by atoms with Gasteiger partial charge in [0.1, 0.15) is 5.69 Å². The van der Waals surface area contributed by atoms with Gasteiger partial charge in [0.05, 0.1) is 0 Å². The lowest BCUT2D eigenvalue weighted by atomic mass is 10.2. The highest BCUT2D eigenvalue weighted by Gasteiger charge is 2.16. The second kappa shape index (κ2) is 3.43. The molecule has 0 aliphatic rings. The lowest BCUT2D eigenvalue weighted by molar-refractivity contribution is 0.143. The molecule has 0 radical (unpaired) electrons. The first-order valence-corrected chi connectivity index (χ1v) is 3.92. The minimum atomic E-state index is -2.76. The predicted octanol–water partition coefficient (Wildman–Crippen LogP) is 3.23. The molecule has 0 N–H and O–H groups in total. The van der Waals surface area contributed by atoms with E-state index in [1.54, 1.807) is 0 Å². The van der Waals surface area contributed by atoms with Crippen molar-refractivity contribution in [2.45, 2.75) is 13.3 Å². The third kappa shape index (κ3) is 1.77. The zero-order valence-corrected chi connectivity index (χ0v) is 7.70. The monoisotopic (exact) mass is 239 g/mol. The molecule has 0 atom stereocenters. The maximum Gasteiger partial charge on any atom is 0.281 e. The Bertz CT molecular complexity index is 301.